The molecule has 0 aliphatic rings. The minimum atomic E-state index is -0.469. The Hall–Kier alpha value is -1.84. The fourth-order valence-electron chi connectivity index (χ4n) is 1.41. The van der Waals surface area contributed by atoms with Gasteiger partial charge in [0.25, 0.3) is 5.69 Å². The van der Waals surface area contributed by atoms with E-state index in [1.165, 1.54) is 18.2 Å². The molecule has 0 bridgehead atoms. The van der Waals surface area contributed by atoms with Gasteiger partial charge in [-0.05, 0) is 25.3 Å². The maximum Gasteiger partial charge on any atom is 0.276 e. The van der Waals surface area contributed by atoms with Crippen molar-refractivity contribution in [3.63, 3.8) is 0 Å². The van der Waals surface area contributed by atoms with Gasteiger partial charge in [0.05, 0.1) is 10.5 Å². The van der Waals surface area contributed by atoms with E-state index in [2.05, 4.69) is 6.58 Å². The van der Waals surface area contributed by atoms with Crippen LogP contribution < -0.4 is 0 Å². The summed E-state index contributed by atoms with van der Waals surface area (Å²) in [6.45, 7) is 3.58. The van der Waals surface area contributed by atoms with Gasteiger partial charge in [-0.2, -0.15) is 0 Å². The number of phenolic OH excluding ortho intramolecular Hbond substituents is 1. The number of rotatable bonds is 5. The number of nitro benzene ring substituents is 1. The van der Waals surface area contributed by atoms with Crippen LogP contribution in [0.25, 0.3) is 0 Å². The Morgan fingerprint density at radius 1 is 1.53 bits per heavy atom. The standard InChI is InChI=1S/C11H13NO3/c1-2-3-4-6-9-10(12(14)15)7-5-8-11(9)13/h2,5,7-8,13H,1,3-4,6H2. The molecule has 0 radical (unpaired) electrons. The van der Waals surface area contributed by atoms with E-state index in [1.54, 1.807) is 6.08 Å². The predicted molar refractivity (Wildman–Crippen MR) is 57.9 cm³/mol. The predicted octanol–water partition coefficient (Wildman–Crippen LogP) is 2.81. The number of hydrogen-bond acceptors (Lipinski definition) is 3. The quantitative estimate of drug-likeness (QED) is 0.349. The Balaban J connectivity index is 2.92. The highest BCUT2D eigenvalue weighted by Crippen LogP contribution is 2.28. The first-order valence-electron chi connectivity index (χ1n) is 4.73. The van der Waals surface area contributed by atoms with Crippen molar-refractivity contribution in [3.8, 4) is 5.75 Å². The number of benzene rings is 1. The van der Waals surface area contributed by atoms with Gasteiger partial charge in [-0.1, -0.05) is 12.1 Å². The summed E-state index contributed by atoms with van der Waals surface area (Å²) in [7, 11) is 0. The van der Waals surface area contributed by atoms with Gasteiger partial charge in [-0.25, -0.2) is 0 Å². The van der Waals surface area contributed by atoms with E-state index >= 15 is 0 Å². The second-order valence-electron chi connectivity index (χ2n) is 3.21. The summed E-state index contributed by atoms with van der Waals surface area (Å²) < 4.78 is 0. The maximum absolute atomic E-state index is 10.7. The molecule has 0 atom stereocenters. The molecule has 0 saturated carbocycles. The van der Waals surface area contributed by atoms with Gasteiger partial charge >= 0.3 is 0 Å². The van der Waals surface area contributed by atoms with Crippen LogP contribution in [0.1, 0.15) is 18.4 Å². The molecule has 0 heterocycles. The van der Waals surface area contributed by atoms with Crippen LogP contribution in [0.2, 0.25) is 0 Å². The average molecular weight is 207 g/mol. The van der Waals surface area contributed by atoms with E-state index in [9.17, 15) is 15.2 Å². The van der Waals surface area contributed by atoms with Crippen molar-refractivity contribution in [2.45, 2.75) is 19.3 Å². The molecule has 1 aromatic carbocycles. The van der Waals surface area contributed by atoms with E-state index in [1.807, 2.05) is 0 Å². The smallest absolute Gasteiger partial charge is 0.276 e. The average Bonchev–Trinajstić information content (AvgIpc) is 2.20. The topological polar surface area (TPSA) is 63.4 Å². The van der Waals surface area contributed by atoms with Crippen LogP contribution in [0, 0.1) is 10.1 Å². The summed E-state index contributed by atoms with van der Waals surface area (Å²) >= 11 is 0. The summed E-state index contributed by atoms with van der Waals surface area (Å²) in [5.41, 5.74) is 0.392. The lowest BCUT2D eigenvalue weighted by molar-refractivity contribution is -0.385. The molecule has 4 heteroatoms. The number of phenols is 1. The second-order valence-corrected chi connectivity index (χ2v) is 3.21. The van der Waals surface area contributed by atoms with Crippen LogP contribution in [0.5, 0.6) is 5.75 Å². The zero-order valence-electron chi connectivity index (χ0n) is 8.35. The number of aromatic hydroxyl groups is 1. The van der Waals surface area contributed by atoms with E-state index in [0.717, 1.165) is 12.8 Å². The third-order valence-electron chi connectivity index (χ3n) is 2.16. The van der Waals surface area contributed by atoms with E-state index < -0.39 is 4.92 Å². The van der Waals surface area contributed by atoms with E-state index in [4.69, 9.17) is 0 Å². The molecule has 1 N–H and O–H groups in total. The Morgan fingerprint density at radius 2 is 2.27 bits per heavy atom. The molecular formula is C11H13NO3. The first kappa shape index (κ1) is 11.2. The number of nitro groups is 1. The molecule has 0 aliphatic carbocycles. The molecule has 0 saturated heterocycles. The fraction of sp³-hybridized carbons (Fsp3) is 0.273. The van der Waals surface area contributed by atoms with Gasteiger partial charge in [0, 0.05) is 6.07 Å². The van der Waals surface area contributed by atoms with Crippen molar-refractivity contribution < 1.29 is 10.0 Å². The molecule has 0 aliphatic heterocycles. The van der Waals surface area contributed by atoms with Crippen LogP contribution in [-0.2, 0) is 6.42 Å². The highest BCUT2D eigenvalue weighted by Gasteiger charge is 2.15. The van der Waals surface area contributed by atoms with Crippen molar-refractivity contribution in [2.24, 2.45) is 0 Å². The molecule has 0 amide bonds. The molecule has 0 aromatic heterocycles. The lowest BCUT2D eigenvalue weighted by atomic mass is 10.1. The van der Waals surface area contributed by atoms with Crippen molar-refractivity contribution >= 4 is 5.69 Å². The van der Waals surface area contributed by atoms with Gasteiger partial charge in [0.15, 0.2) is 0 Å². The lowest BCUT2D eigenvalue weighted by Gasteiger charge is -2.04. The number of allylic oxidation sites excluding steroid dienone is 1. The third-order valence-corrected chi connectivity index (χ3v) is 2.16. The van der Waals surface area contributed by atoms with Gasteiger partial charge in [0.2, 0.25) is 0 Å². The molecule has 1 aromatic rings. The minimum absolute atomic E-state index is 0.00624. The molecule has 0 unspecified atom stereocenters. The van der Waals surface area contributed by atoms with Crippen LogP contribution >= 0.6 is 0 Å². The van der Waals surface area contributed by atoms with Crippen molar-refractivity contribution in [1.82, 2.24) is 0 Å². The molecule has 0 spiro atoms. The molecule has 80 valence electrons. The monoisotopic (exact) mass is 207 g/mol. The fourth-order valence-corrected chi connectivity index (χ4v) is 1.41. The zero-order chi connectivity index (χ0) is 11.3. The summed E-state index contributed by atoms with van der Waals surface area (Å²) in [6.07, 6.45) is 3.79. The van der Waals surface area contributed by atoms with Gasteiger partial charge < -0.3 is 5.11 Å². The summed E-state index contributed by atoms with van der Waals surface area (Å²) in [5.74, 6) is -0.00624. The Labute approximate surface area is 88.0 Å². The Kier molecular flexibility index (Phi) is 3.85. The zero-order valence-corrected chi connectivity index (χ0v) is 8.35. The van der Waals surface area contributed by atoms with Crippen molar-refractivity contribution in [1.29, 1.82) is 0 Å². The van der Waals surface area contributed by atoms with Crippen LogP contribution in [0.4, 0.5) is 5.69 Å². The third kappa shape index (κ3) is 2.80. The van der Waals surface area contributed by atoms with Crippen LogP contribution in [-0.4, -0.2) is 10.0 Å². The van der Waals surface area contributed by atoms with E-state index in [0.29, 0.717) is 12.0 Å². The summed E-state index contributed by atoms with van der Waals surface area (Å²) in [4.78, 5) is 10.2. The summed E-state index contributed by atoms with van der Waals surface area (Å²) in [5, 5.41) is 20.2. The number of nitrogens with zero attached hydrogens (tertiary/aromatic N) is 1. The first-order chi connectivity index (χ1) is 7.16. The Bertz CT molecular complexity index is 374. The van der Waals surface area contributed by atoms with Gasteiger partial charge in [-0.3, -0.25) is 10.1 Å². The highest BCUT2D eigenvalue weighted by atomic mass is 16.6. The van der Waals surface area contributed by atoms with Crippen molar-refractivity contribution in [3.05, 3.63) is 46.5 Å². The SMILES string of the molecule is C=CCCCc1c(O)cccc1[N+](=O)[O-]. The number of unbranched alkanes of at least 4 members (excludes halogenated alkanes) is 1. The first-order valence-corrected chi connectivity index (χ1v) is 4.73. The molecular weight excluding hydrogens is 194 g/mol. The van der Waals surface area contributed by atoms with Gasteiger partial charge in [-0.15, -0.1) is 6.58 Å². The maximum atomic E-state index is 10.7. The normalized spacial score (nSPS) is 9.87. The minimum Gasteiger partial charge on any atom is -0.507 e. The Morgan fingerprint density at radius 3 is 2.87 bits per heavy atom. The molecule has 0 fully saturated rings. The van der Waals surface area contributed by atoms with Crippen LogP contribution in [0.15, 0.2) is 30.9 Å². The van der Waals surface area contributed by atoms with E-state index in [-0.39, 0.29) is 11.4 Å². The van der Waals surface area contributed by atoms with Gasteiger partial charge in [0.1, 0.15) is 5.75 Å². The van der Waals surface area contributed by atoms with Crippen molar-refractivity contribution in [2.75, 3.05) is 0 Å². The highest BCUT2D eigenvalue weighted by molar-refractivity contribution is 5.48. The molecule has 15 heavy (non-hydrogen) atoms. The lowest BCUT2D eigenvalue weighted by Crippen LogP contribution is -1.95. The molecule has 1 rings (SSSR count). The number of hydrogen-bond donors (Lipinski definition) is 1. The summed E-state index contributed by atoms with van der Waals surface area (Å²) in [6, 6.07) is 4.35. The second kappa shape index (κ2) is 5.14. The largest absolute Gasteiger partial charge is 0.507 e. The molecule has 4 nitrogen and oxygen atoms in total. The van der Waals surface area contributed by atoms with Crippen LogP contribution in [0.3, 0.4) is 0 Å².